The second-order valence-corrected chi connectivity index (χ2v) is 7.73. The molecule has 0 rings (SSSR count). The number of quaternary nitrogens is 2. The topological polar surface area (TPSA) is 58.2 Å². The van der Waals surface area contributed by atoms with Crippen LogP contribution in [0.3, 0.4) is 0 Å². The number of rotatable bonds is 10. The Morgan fingerprint density at radius 3 is 1.19 bits per heavy atom. The zero-order valence-corrected chi connectivity index (χ0v) is 18.8. The predicted molar refractivity (Wildman–Crippen MR) is 101 cm³/mol. The number of halogens is 2. The number of carbonyl (C=O) groups is 2. The van der Waals surface area contributed by atoms with Crippen LogP contribution in [0.15, 0.2) is 25.3 Å². The number of amides is 2. The van der Waals surface area contributed by atoms with Gasteiger partial charge in [-0.3, -0.25) is 9.59 Å². The fraction of sp³-hybridized carbons (Fsp3) is 0.667. The average Bonchev–Trinajstić information content (AvgIpc) is 2.46. The maximum Gasteiger partial charge on any atom is 0.243 e. The molecule has 0 atom stereocenters. The fourth-order valence-corrected chi connectivity index (χ4v) is 1.67. The summed E-state index contributed by atoms with van der Waals surface area (Å²) in [6.45, 7) is 10.4. The summed E-state index contributed by atoms with van der Waals surface area (Å²) in [5.41, 5.74) is 0. The van der Waals surface area contributed by atoms with E-state index >= 15 is 0 Å². The molecule has 0 spiro atoms. The number of hydrogen-bond acceptors (Lipinski definition) is 2. The lowest BCUT2D eigenvalue weighted by Crippen LogP contribution is -3.00. The first kappa shape index (κ1) is 32.6. The van der Waals surface area contributed by atoms with E-state index in [4.69, 9.17) is 0 Å². The van der Waals surface area contributed by atoms with Gasteiger partial charge in [0.2, 0.25) is 11.8 Å². The first-order chi connectivity index (χ1) is 10.9. The fourth-order valence-electron chi connectivity index (χ4n) is 1.67. The van der Waals surface area contributed by atoms with Crippen molar-refractivity contribution in [1.82, 2.24) is 10.6 Å². The monoisotopic (exact) mass is 412 g/mol. The van der Waals surface area contributed by atoms with Crippen molar-refractivity contribution in [2.75, 3.05) is 68.5 Å². The smallest absolute Gasteiger partial charge is 0.243 e. The van der Waals surface area contributed by atoms with E-state index in [9.17, 15) is 9.59 Å². The lowest BCUT2D eigenvalue weighted by Gasteiger charge is -2.23. The summed E-state index contributed by atoms with van der Waals surface area (Å²) in [7, 11) is 12.8. The summed E-state index contributed by atoms with van der Waals surface area (Å²) in [6.07, 6.45) is 4.60. The van der Waals surface area contributed by atoms with E-state index in [0.29, 0.717) is 0 Å². The molecular weight excluding hydrogens is 375 g/mol. The van der Waals surface area contributed by atoms with Gasteiger partial charge in [0.25, 0.3) is 0 Å². The van der Waals surface area contributed by atoms with Crippen molar-refractivity contribution in [3.8, 4) is 0 Å². The van der Waals surface area contributed by atoms with Crippen molar-refractivity contribution in [2.24, 2.45) is 0 Å². The molecule has 0 aliphatic carbocycles. The lowest BCUT2D eigenvalue weighted by atomic mass is 10.3. The van der Waals surface area contributed by atoms with Gasteiger partial charge in [-0.2, -0.15) is 0 Å². The van der Waals surface area contributed by atoms with Crippen LogP contribution in [0.1, 0.15) is 12.8 Å². The van der Waals surface area contributed by atoms with E-state index in [1.807, 2.05) is 0 Å². The third kappa shape index (κ3) is 30.8. The minimum atomic E-state index is -0.0867. The van der Waals surface area contributed by atoms with Crippen LogP contribution in [0.4, 0.5) is 0 Å². The molecule has 8 heteroatoms. The zero-order chi connectivity index (χ0) is 19.2. The standard InChI is InChI=1S/2C9H18N2O.2ClH/c2*1-5-9(12)10-7-6-8-11(2,3)4;;/h2*5H,1,6-8H2,2-4H3;2*1H. The second kappa shape index (κ2) is 17.3. The second-order valence-electron chi connectivity index (χ2n) is 7.73. The number of hydrogen-bond donors (Lipinski definition) is 2. The van der Waals surface area contributed by atoms with Crippen LogP contribution in [0.25, 0.3) is 0 Å². The predicted octanol–water partition coefficient (Wildman–Crippen LogP) is -5.22. The molecule has 0 radical (unpaired) electrons. The lowest BCUT2D eigenvalue weighted by molar-refractivity contribution is -0.870. The van der Waals surface area contributed by atoms with Crippen molar-refractivity contribution in [3.63, 3.8) is 0 Å². The molecule has 0 unspecified atom stereocenters. The molecule has 0 aliphatic rings. The highest BCUT2D eigenvalue weighted by atomic mass is 35.5. The molecule has 6 nitrogen and oxygen atoms in total. The maximum atomic E-state index is 10.7. The highest BCUT2D eigenvalue weighted by Crippen LogP contribution is 1.92. The Balaban J connectivity index is -0.000000173. The van der Waals surface area contributed by atoms with Crippen LogP contribution in [-0.2, 0) is 9.59 Å². The molecule has 0 saturated carbocycles. The number of nitrogens with zero attached hydrogens (tertiary/aromatic N) is 2. The number of carbonyl (C=O) groups excluding carboxylic acids is 2. The SMILES string of the molecule is C=CC(=O)NCCC[N+](C)(C)C.C=CC(=O)NCCC[N+](C)(C)C.[Cl-].[Cl-]. The third-order valence-electron chi connectivity index (χ3n) is 2.98. The van der Waals surface area contributed by atoms with E-state index in [1.165, 1.54) is 12.2 Å². The van der Waals surface area contributed by atoms with Crippen LogP contribution in [0.2, 0.25) is 0 Å². The minimum absolute atomic E-state index is 0. The van der Waals surface area contributed by atoms with E-state index < -0.39 is 0 Å². The molecule has 0 aromatic rings. The van der Waals surface area contributed by atoms with Gasteiger partial charge in [-0.15, -0.1) is 0 Å². The van der Waals surface area contributed by atoms with Gasteiger partial charge in [-0.25, -0.2) is 0 Å². The van der Waals surface area contributed by atoms with Crippen molar-refractivity contribution in [1.29, 1.82) is 0 Å². The molecule has 0 aliphatic heterocycles. The van der Waals surface area contributed by atoms with Crippen LogP contribution in [-0.4, -0.2) is 89.2 Å². The van der Waals surface area contributed by atoms with Gasteiger partial charge in [0.1, 0.15) is 0 Å². The van der Waals surface area contributed by atoms with Gasteiger partial charge in [0.05, 0.1) is 55.4 Å². The summed E-state index contributed by atoms with van der Waals surface area (Å²) >= 11 is 0. The van der Waals surface area contributed by atoms with E-state index in [2.05, 4.69) is 66.1 Å². The molecule has 0 aromatic carbocycles. The van der Waals surface area contributed by atoms with Crippen molar-refractivity contribution >= 4 is 11.8 Å². The first-order valence-corrected chi connectivity index (χ1v) is 8.32. The molecule has 156 valence electrons. The molecule has 26 heavy (non-hydrogen) atoms. The molecule has 0 heterocycles. The van der Waals surface area contributed by atoms with Crippen molar-refractivity contribution in [3.05, 3.63) is 25.3 Å². The Labute approximate surface area is 172 Å². The van der Waals surface area contributed by atoms with Crippen LogP contribution in [0.5, 0.6) is 0 Å². The van der Waals surface area contributed by atoms with E-state index in [1.54, 1.807) is 0 Å². The molecular formula is C18H38Cl2N4O2. The van der Waals surface area contributed by atoms with Gasteiger partial charge >= 0.3 is 0 Å². The molecule has 0 saturated heterocycles. The molecule has 2 amide bonds. The summed E-state index contributed by atoms with van der Waals surface area (Å²) < 4.78 is 1.87. The number of nitrogens with one attached hydrogen (secondary N) is 2. The maximum absolute atomic E-state index is 10.7. The Morgan fingerprint density at radius 2 is 1.00 bits per heavy atom. The Kier molecular flexibility index (Phi) is 21.7. The largest absolute Gasteiger partial charge is 1.00 e. The zero-order valence-electron chi connectivity index (χ0n) is 17.3. The third-order valence-corrected chi connectivity index (χ3v) is 2.98. The van der Waals surface area contributed by atoms with Gasteiger partial charge in [0, 0.05) is 25.9 Å². The highest BCUT2D eigenvalue weighted by Gasteiger charge is 2.06. The van der Waals surface area contributed by atoms with Gasteiger partial charge in [-0.05, 0) is 12.2 Å². The first-order valence-electron chi connectivity index (χ1n) is 8.32. The van der Waals surface area contributed by atoms with Gasteiger partial charge in [0.15, 0.2) is 0 Å². The van der Waals surface area contributed by atoms with Gasteiger partial charge < -0.3 is 44.4 Å². The summed E-state index contributed by atoms with van der Waals surface area (Å²) in [5.74, 6) is -0.173. The van der Waals surface area contributed by atoms with Crippen LogP contribution >= 0.6 is 0 Å². The molecule has 0 fully saturated rings. The Hall–Kier alpha value is -1.08. The van der Waals surface area contributed by atoms with Crippen molar-refractivity contribution in [2.45, 2.75) is 12.8 Å². The molecule has 0 aromatic heterocycles. The highest BCUT2D eigenvalue weighted by molar-refractivity contribution is 5.87. The minimum Gasteiger partial charge on any atom is -1.00 e. The van der Waals surface area contributed by atoms with E-state index in [-0.39, 0.29) is 36.6 Å². The quantitative estimate of drug-likeness (QED) is 0.214. The van der Waals surface area contributed by atoms with Crippen LogP contribution in [0, 0.1) is 0 Å². The van der Waals surface area contributed by atoms with E-state index in [0.717, 1.165) is 48.0 Å². The molecule has 2 N–H and O–H groups in total. The van der Waals surface area contributed by atoms with Crippen LogP contribution < -0.4 is 35.4 Å². The normalized spacial score (nSPS) is 10.1. The average molecular weight is 413 g/mol. The van der Waals surface area contributed by atoms with Crippen molar-refractivity contribution < 1.29 is 43.4 Å². The Bertz CT molecular complexity index is 365. The Morgan fingerprint density at radius 1 is 0.731 bits per heavy atom. The van der Waals surface area contributed by atoms with Gasteiger partial charge in [-0.1, -0.05) is 13.2 Å². The summed E-state index contributed by atoms with van der Waals surface area (Å²) in [6, 6.07) is 0. The molecule has 0 bridgehead atoms. The summed E-state index contributed by atoms with van der Waals surface area (Å²) in [4.78, 5) is 21.4. The summed E-state index contributed by atoms with van der Waals surface area (Å²) in [5, 5.41) is 5.48.